The normalized spacial score (nSPS) is 18.9. The second-order valence-corrected chi connectivity index (χ2v) is 10.1. The van der Waals surface area contributed by atoms with E-state index in [-0.39, 0.29) is 12.1 Å². The van der Waals surface area contributed by atoms with Gasteiger partial charge in [0.2, 0.25) is 5.54 Å². The molecule has 2 aliphatic heterocycles. The Bertz CT molecular complexity index is 1590. The van der Waals surface area contributed by atoms with E-state index in [1.54, 1.807) is 59.9 Å². The zero-order valence-corrected chi connectivity index (χ0v) is 22.4. The molecule has 36 heavy (non-hydrogen) atoms. The molecule has 3 aromatic rings. The number of H-pyrrole nitrogens is 1. The van der Waals surface area contributed by atoms with Crippen molar-refractivity contribution >= 4 is 51.4 Å². The maximum absolute atomic E-state index is 13.4. The predicted octanol–water partition coefficient (Wildman–Crippen LogP) is 3.13. The number of fused-ring (bicyclic) bond motifs is 2. The van der Waals surface area contributed by atoms with Crippen molar-refractivity contribution < 1.29 is 14.3 Å². The molecule has 1 atom stereocenters. The maximum Gasteiger partial charge on any atom is 0.334 e. The number of aromatic amines is 1. The summed E-state index contributed by atoms with van der Waals surface area (Å²) >= 11 is 1.71. The van der Waals surface area contributed by atoms with Crippen LogP contribution in [0.2, 0.25) is 0 Å². The first-order valence-electron chi connectivity index (χ1n) is 11.3. The lowest BCUT2D eigenvalue weighted by Crippen LogP contribution is -2.53. The van der Waals surface area contributed by atoms with Crippen LogP contribution < -0.4 is 15.6 Å². The topological polar surface area (TPSA) is 99.7 Å². The van der Waals surface area contributed by atoms with Crippen LogP contribution in [0, 0.1) is 11.8 Å². The van der Waals surface area contributed by atoms with Gasteiger partial charge in [0.15, 0.2) is 0 Å². The molecule has 5 rings (SSSR count). The molecule has 2 N–H and O–H groups in total. The fourth-order valence-electron chi connectivity index (χ4n) is 4.82. The molecule has 0 radical (unpaired) electrons. The third-order valence-corrected chi connectivity index (χ3v) is 7.36. The molecule has 0 spiro atoms. The van der Waals surface area contributed by atoms with Gasteiger partial charge in [-0.1, -0.05) is 23.5 Å². The first-order chi connectivity index (χ1) is 17.1. The van der Waals surface area contributed by atoms with Gasteiger partial charge in [-0.05, 0) is 49.7 Å². The average molecular weight is 597 g/mol. The molecule has 10 heteroatoms. The average Bonchev–Trinajstić information content (AvgIpc) is 3.42. The quantitative estimate of drug-likeness (QED) is 0.209. The van der Waals surface area contributed by atoms with Crippen LogP contribution in [-0.4, -0.2) is 48.9 Å². The van der Waals surface area contributed by atoms with Gasteiger partial charge in [0, 0.05) is 30.4 Å². The number of allylic oxidation sites excluding steroid dienone is 1. The van der Waals surface area contributed by atoms with Crippen LogP contribution in [-0.2, 0) is 18.4 Å². The Morgan fingerprint density at radius 2 is 1.94 bits per heavy atom. The second kappa shape index (κ2) is 8.74. The number of ether oxygens (including phenoxy) is 1. The summed E-state index contributed by atoms with van der Waals surface area (Å²) in [5.74, 6) is 6.43. The first kappa shape index (κ1) is 24.0. The Morgan fingerprint density at radius 1 is 1.17 bits per heavy atom. The number of amides is 3. The number of halogens is 1. The molecule has 2 aliphatic rings. The summed E-state index contributed by atoms with van der Waals surface area (Å²) in [5.41, 5.74) is 3.85. The molecule has 0 aliphatic carbocycles. The lowest BCUT2D eigenvalue weighted by molar-refractivity contribution is -0.125. The Labute approximate surface area is 221 Å². The van der Waals surface area contributed by atoms with Crippen LogP contribution in [0.1, 0.15) is 30.5 Å². The Balaban J connectivity index is 1.56. The summed E-state index contributed by atoms with van der Waals surface area (Å²) < 4.78 is 8.10. The molecule has 0 unspecified atom stereocenters. The lowest BCUT2D eigenvalue weighted by atomic mass is 9.98. The molecule has 0 saturated carbocycles. The van der Waals surface area contributed by atoms with Crippen molar-refractivity contribution in [2.24, 2.45) is 7.05 Å². The minimum atomic E-state index is -1.46. The van der Waals surface area contributed by atoms with Crippen molar-refractivity contribution in [2.45, 2.75) is 25.9 Å². The van der Waals surface area contributed by atoms with E-state index in [0.29, 0.717) is 17.5 Å². The van der Waals surface area contributed by atoms with Crippen molar-refractivity contribution in [2.75, 3.05) is 13.7 Å². The molecule has 9 nitrogen and oxygen atoms in total. The fraction of sp³-hybridized carbons (Fsp3) is 0.269. The van der Waals surface area contributed by atoms with E-state index in [0.717, 1.165) is 36.8 Å². The van der Waals surface area contributed by atoms with Gasteiger partial charge in [-0.2, -0.15) is 3.11 Å². The van der Waals surface area contributed by atoms with Crippen LogP contribution in [0.15, 0.2) is 46.8 Å². The monoisotopic (exact) mass is 597 g/mol. The molecule has 3 heterocycles. The van der Waals surface area contributed by atoms with Crippen LogP contribution in [0.25, 0.3) is 16.6 Å². The number of hydrogen-bond donors (Lipinski definition) is 2. The van der Waals surface area contributed by atoms with Crippen LogP contribution >= 0.6 is 22.9 Å². The number of nitrogens with zero attached hydrogens (tertiary/aromatic N) is 3. The zero-order valence-electron chi connectivity index (χ0n) is 20.2. The highest BCUT2D eigenvalue weighted by atomic mass is 127. The van der Waals surface area contributed by atoms with Crippen molar-refractivity contribution in [3.63, 3.8) is 0 Å². The van der Waals surface area contributed by atoms with Gasteiger partial charge in [0.1, 0.15) is 5.75 Å². The molecule has 2 aromatic carbocycles. The SMILES string of the molecule is COc1ccc2c(c1)C(=C(C)C)N(C[C@@]1(C#Cc3ccc4c(c3)c(=O)[nH]n4C)NC(=O)N(I)C1=O)C2. The van der Waals surface area contributed by atoms with Crippen molar-refractivity contribution in [3.05, 3.63) is 69.0 Å². The van der Waals surface area contributed by atoms with E-state index in [1.165, 1.54) is 0 Å². The van der Waals surface area contributed by atoms with Gasteiger partial charge < -0.3 is 15.0 Å². The highest BCUT2D eigenvalue weighted by Gasteiger charge is 2.52. The molecule has 1 aromatic heterocycles. The molecular formula is C26H24IN5O4. The number of carbonyl (C=O) groups excluding carboxylic acids is 2. The Kier molecular flexibility index (Phi) is 5.83. The third kappa shape index (κ3) is 3.83. The van der Waals surface area contributed by atoms with E-state index in [4.69, 9.17) is 4.74 Å². The first-order valence-corrected chi connectivity index (χ1v) is 12.2. The van der Waals surface area contributed by atoms with Gasteiger partial charge in [0.25, 0.3) is 11.5 Å². The molecular weight excluding hydrogens is 573 g/mol. The van der Waals surface area contributed by atoms with Crippen molar-refractivity contribution in [1.29, 1.82) is 0 Å². The lowest BCUT2D eigenvalue weighted by Gasteiger charge is -2.29. The van der Waals surface area contributed by atoms with E-state index < -0.39 is 17.5 Å². The molecule has 1 fully saturated rings. The van der Waals surface area contributed by atoms with Crippen molar-refractivity contribution in [1.82, 2.24) is 23.1 Å². The number of aryl methyl sites for hydroxylation is 1. The number of imide groups is 1. The number of methoxy groups -OCH3 is 1. The number of hydrogen-bond acceptors (Lipinski definition) is 5. The highest BCUT2D eigenvalue weighted by molar-refractivity contribution is 14.1. The standard InChI is InChI=1S/C26H24IN5O4/c1-15(2)22-19-12-18(36-4)7-6-17(19)13-31(22)14-26(24(34)32(27)25(35)28-26)10-9-16-5-8-21-20(11-16)23(33)29-30(21)3/h5-8,11-12H,13-14H2,1-4H3,(H,28,35)(H,29,33)/t26-/m1/s1. The number of aromatic nitrogens is 2. The summed E-state index contributed by atoms with van der Waals surface area (Å²) in [7, 11) is 3.39. The minimum Gasteiger partial charge on any atom is -0.497 e. The molecule has 1 saturated heterocycles. The number of urea groups is 1. The van der Waals surface area contributed by atoms with Gasteiger partial charge in [-0.3, -0.25) is 19.4 Å². The van der Waals surface area contributed by atoms with Gasteiger partial charge >= 0.3 is 6.03 Å². The second-order valence-electron chi connectivity index (χ2n) is 9.13. The van der Waals surface area contributed by atoms with E-state index in [2.05, 4.69) is 27.2 Å². The fourth-order valence-corrected chi connectivity index (χ4v) is 5.35. The van der Waals surface area contributed by atoms with Gasteiger partial charge in [0.05, 0.1) is 47.4 Å². The Hall–Kier alpha value is -3.72. The summed E-state index contributed by atoms with van der Waals surface area (Å²) in [6.45, 7) is 4.76. The number of nitrogens with one attached hydrogen (secondary N) is 2. The summed E-state index contributed by atoms with van der Waals surface area (Å²) in [6, 6.07) is 10.7. The predicted molar refractivity (Wildman–Crippen MR) is 144 cm³/mol. The van der Waals surface area contributed by atoms with E-state index in [9.17, 15) is 14.4 Å². The smallest absolute Gasteiger partial charge is 0.334 e. The van der Waals surface area contributed by atoms with Crippen LogP contribution in [0.3, 0.4) is 0 Å². The number of benzene rings is 2. The zero-order chi connectivity index (χ0) is 25.8. The van der Waals surface area contributed by atoms with E-state index in [1.807, 2.05) is 32.0 Å². The summed E-state index contributed by atoms with van der Waals surface area (Å²) in [5, 5.41) is 6.05. The van der Waals surface area contributed by atoms with Gasteiger partial charge in [-0.25, -0.2) is 4.79 Å². The van der Waals surface area contributed by atoms with Crippen molar-refractivity contribution in [3.8, 4) is 17.6 Å². The van der Waals surface area contributed by atoms with E-state index >= 15 is 0 Å². The molecule has 184 valence electrons. The largest absolute Gasteiger partial charge is 0.497 e. The van der Waals surface area contributed by atoms with Gasteiger partial charge in [-0.15, -0.1) is 0 Å². The summed E-state index contributed by atoms with van der Waals surface area (Å²) in [6.07, 6.45) is 0. The number of carbonyl (C=O) groups is 2. The molecule has 3 amide bonds. The van der Waals surface area contributed by atoms with Crippen LogP contribution in [0.5, 0.6) is 5.75 Å². The highest BCUT2D eigenvalue weighted by Crippen LogP contribution is 2.38. The van der Waals surface area contributed by atoms with Crippen LogP contribution in [0.4, 0.5) is 4.79 Å². The third-order valence-electron chi connectivity index (χ3n) is 6.49. The Morgan fingerprint density at radius 3 is 2.61 bits per heavy atom. The maximum atomic E-state index is 13.4. The minimum absolute atomic E-state index is 0.162. The number of rotatable bonds is 3. The summed E-state index contributed by atoms with van der Waals surface area (Å²) in [4.78, 5) is 40.2. The molecule has 0 bridgehead atoms.